The number of hydrogen-bond acceptors (Lipinski definition) is 4. The third-order valence-electron chi connectivity index (χ3n) is 8.14. The highest BCUT2D eigenvalue weighted by Crippen LogP contribution is 2.41. The van der Waals surface area contributed by atoms with E-state index in [-0.39, 0.29) is 0 Å². The molecule has 0 amide bonds. The van der Waals surface area contributed by atoms with Crippen molar-refractivity contribution in [1.29, 1.82) is 0 Å². The van der Waals surface area contributed by atoms with Crippen LogP contribution in [0.5, 0.6) is 0 Å². The Balaban J connectivity index is 1.13. The van der Waals surface area contributed by atoms with Crippen molar-refractivity contribution in [2.45, 2.75) is 0 Å². The molecular weight excluding hydrogens is 532 g/mol. The first kappa shape index (κ1) is 23.4. The molecule has 0 fully saturated rings. The van der Waals surface area contributed by atoms with Gasteiger partial charge in [-0.2, -0.15) is 0 Å². The molecule has 0 spiro atoms. The third kappa shape index (κ3) is 3.59. The monoisotopic (exact) mass is 554 g/mol. The van der Waals surface area contributed by atoms with Crippen molar-refractivity contribution in [3.63, 3.8) is 0 Å². The number of thiophene rings is 1. The Kier molecular flexibility index (Phi) is 5.07. The molecule has 0 aliphatic rings. The molecule has 3 aromatic heterocycles. The van der Waals surface area contributed by atoms with Crippen molar-refractivity contribution in [3.8, 4) is 33.5 Å². The number of furan rings is 1. The molecule has 0 aliphatic carbocycles. The Hall–Kier alpha value is -5.32. The molecule has 196 valence electrons. The summed E-state index contributed by atoms with van der Waals surface area (Å²) in [4.78, 5) is 9.72. The Labute approximate surface area is 245 Å². The van der Waals surface area contributed by atoms with Crippen LogP contribution in [-0.2, 0) is 0 Å². The van der Waals surface area contributed by atoms with Crippen molar-refractivity contribution in [2.24, 2.45) is 0 Å². The maximum absolute atomic E-state index is 6.29. The molecule has 0 saturated carbocycles. The summed E-state index contributed by atoms with van der Waals surface area (Å²) in [6, 6.07) is 45.0. The minimum Gasteiger partial charge on any atom is -0.436 e. The summed E-state index contributed by atoms with van der Waals surface area (Å²) in [6.45, 7) is 0. The molecule has 0 radical (unpaired) electrons. The number of hydrogen-bond donors (Lipinski definition) is 0. The van der Waals surface area contributed by atoms with E-state index in [1.165, 1.54) is 31.3 Å². The highest BCUT2D eigenvalue weighted by molar-refractivity contribution is 7.26. The fraction of sp³-hybridized carbons (Fsp3) is 0. The summed E-state index contributed by atoms with van der Waals surface area (Å²) in [6.07, 6.45) is 1.85. The van der Waals surface area contributed by atoms with Crippen molar-refractivity contribution in [1.82, 2.24) is 9.97 Å². The minimum absolute atomic E-state index is 0.558. The molecule has 3 nitrogen and oxygen atoms in total. The lowest BCUT2D eigenvalue weighted by Gasteiger charge is -2.09. The second-order valence-corrected chi connectivity index (χ2v) is 11.7. The summed E-state index contributed by atoms with van der Waals surface area (Å²) >= 11 is 1.86. The van der Waals surface area contributed by atoms with Gasteiger partial charge >= 0.3 is 0 Å². The lowest BCUT2D eigenvalue weighted by Crippen LogP contribution is -1.88. The predicted octanol–water partition coefficient (Wildman–Crippen LogP) is 10.9. The van der Waals surface area contributed by atoms with Gasteiger partial charge in [-0.25, -0.2) is 9.97 Å². The van der Waals surface area contributed by atoms with Crippen molar-refractivity contribution in [2.75, 3.05) is 0 Å². The first-order chi connectivity index (χ1) is 20.8. The van der Waals surface area contributed by atoms with Crippen molar-refractivity contribution < 1.29 is 4.42 Å². The van der Waals surface area contributed by atoms with Crippen LogP contribution < -0.4 is 0 Å². The minimum atomic E-state index is 0.558. The fourth-order valence-electron chi connectivity index (χ4n) is 6.10. The Morgan fingerprint density at radius 3 is 2.17 bits per heavy atom. The summed E-state index contributed by atoms with van der Waals surface area (Å²) in [5.41, 5.74) is 8.75. The zero-order valence-corrected chi connectivity index (χ0v) is 23.2. The van der Waals surface area contributed by atoms with Crippen LogP contribution in [0.2, 0.25) is 0 Å². The summed E-state index contributed by atoms with van der Waals surface area (Å²) in [5, 5.41) is 5.83. The van der Waals surface area contributed by atoms with E-state index in [1.54, 1.807) is 0 Å². The number of rotatable bonds is 3. The molecule has 0 saturated heterocycles. The molecule has 4 heteroatoms. The molecule has 3 heterocycles. The van der Waals surface area contributed by atoms with Gasteiger partial charge in [0.15, 0.2) is 0 Å². The van der Waals surface area contributed by atoms with Gasteiger partial charge in [0, 0.05) is 36.5 Å². The van der Waals surface area contributed by atoms with Gasteiger partial charge in [-0.05, 0) is 51.9 Å². The molecule has 0 aliphatic heterocycles. The highest BCUT2D eigenvalue weighted by atomic mass is 32.1. The first-order valence-electron chi connectivity index (χ1n) is 14.0. The molecule has 9 rings (SSSR count). The molecule has 0 atom stereocenters. The van der Waals surface area contributed by atoms with E-state index < -0.39 is 0 Å². The highest BCUT2D eigenvalue weighted by Gasteiger charge is 2.15. The first-order valence-corrected chi connectivity index (χ1v) is 14.8. The zero-order valence-electron chi connectivity index (χ0n) is 22.4. The molecule has 0 N–H and O–H groups in total. The largest absolute Gasteiger partial charge is 0.436 e. The second kappa shape index (κ2) is 9.10. The average molecular weight is 555 g/mol. The standard InChI is InChI=1S/C38H22N2OS/c1-2-13-28-23(8-1)18-19-32-35-38(41-36(28)32)40-33(22-39-35)27-12-6-10-25(21-27)24-9-5-11-26(20-24)29-15-7-16-31-30-14-3-4-17-34(30)42-37(29)31/h1-22H. The van der Waals surface area contributed by atoms with Gasteiger partial charge in [0.05, 0.1) is 11.9 Å². The van der Waals surface area contributed by atoms with Crippen LogP contribution in [-0.4, -0.2) is 9.97 Å². The van der Waals surface area contributed by atoms with Crippen LogP contribution in [0, 0.1) is 0 Å². The van der Waals surface area contributed by atoms with Crippen molar-refractivity contribution >= 4 is 64.5 Å². The fourth-order valence-corrected chi connectivity index (χ4v) is 7.34. The van der Waals surface area contributed by atoms with E-state index in [0.717, 1.165) is 49.6 Å². The van der Waals surface area contributed by atoms with Crippen LogP contribution in [0.15, 0.2) is 138 Å². The molecular formula is C38H22N2OS. The van der Waals surface area contributed by atoms with Crippen LogP contribution in [0.25, 0.3) is 86.7 Å². The zero-order chi connectivity index (χ0) is 27.6. The van der Waals surface area contributed by atoms with Crippen LogP contribution in [0.1, 0.15) is 0 Å². The van der Waals surface area contributed by atoms with Gasteiger partial charge in [0.2, 0.25) is 5.71 Å². The van der Waals surface area contributed by atoms with E-state index in [1.807, 2.05) is 29.7 Å². The number of fused-ring (bicyclic) bond motifs is 8. The van der Waals surface area contributed by atoms with Crippen LogP contribution in [0.3, 0.4) is 0 Å². The number of aromatic nitrogens is 2. The summed E-state index contributed by atoms with van der Waals surface area (Å²) < 4.78 is 8.94. The van der Waals surface area contributed by atoms with Crippen molar-refractivity contribution in [3.05, 3.63) is 134 Å². The SMILES string of the molecule is c1cc(-c2cccc(-c3cccc4c3sc3ccccc34)c2)cc(-c2cnc3c(n2)oc2c4ccccc4ccc32)c1. The van der Waals surface area contributed by atoms with Crippen LogP contribution >= 0.6 is 11.3 Å². The predicted molar refractivity (Wildman–Crippen MR) is 176 cm³/mol. The van der Waals surface area contributed by atoms with E-state index in [4.69, 9.17) is 14.4 Å². The summed E-state index contributed by atoms with van der Waals surface area (Å²) in [5.74, 6) is 0. The van der Waals surface area contributed by atoms with E-state index >= 15 is 0 Å². The molecule has 9 aromatic rings. The molecule has 0 bridgehead atoms. The second-order valence-electron chi connectivity index (χ2n) is 10.6. The van der Waals surface area contributed by atoms with E-state index in [0.29, 0.717) is 5.71 Å². The lowest BCUT2D eigenvalue weighted by atomic mass is 9.96. The topological polar surface area (TPSA) is 38.9 Å². The average Bonchev–Trinajstić information content (AvgIpc) is 3.63. The van der Waals surface area contributed by atoms with Gasteiger partial charge < -0.3 is 4.42 Å². The maximum atomic E-state index is 6.29. The molecule has 0 unspecified atom stereocenters. The molecule has 6 aromatic carbocycles. The Morgan fingerprint density at radius 2 is 1.26 bits per heavy atom. The Morgan fingerprint density at radius 1 is 0.548 bits per heavy atom. The van der Waals surface area contributed by atoms with E-state index in [9.17, 15) is 0 Å². The number of benzene rings is 6. The summed E-state index contributed by atoms with van der Waals surface area (Å²) in [7, 11) is 0. The van der Waals surface area contributed by atoms with E-state index in [2.05, 4.69) is 115 Å². The van der Waals surface area contributed by atoms with Gasteiger partial charge in [0.1, 0.15) is 11.1 Å². The van der Waals surface area contributed by atoms with Crippen LogP contribution in [0.4, 0.5) is 0 Å². The third-order valence-corrected chi connectivity index (χ3v) is 9.36. The van der Waals surface area contributed by atoms with Gasteiger partial charge in [-0.1, -0.05) is 103 Å². The normalized spacial score (nSPS) is 11.8. The molecule has 42 heavy (non-hydrogen) atoms. The quantitative estimate of drug-likeness (QED) is 0.218. The van der Waals surface area contributed by atoms with Gasteiger partial charge in [-0.3, -0.25) is 0 Å². The lowest BCUT2D eigenvalue weighted by molar-refractivity contribution is 0.657. The number of nitrogens with zero attached hydrogens (tertiary/aromatic N) is 2. The maximum Gasteiger partial charge on any atom is 0.246 e. The van der Waals surface area contributed by atoms with Gasteiger partial charge in [0.25, 0.3) is 0 Å². The smallest absolute Gasteiger partial charge is 0.246 e. The van der Waals surface area contributed by atoms with Gasteiger partial charge in [-0.15, -0.1) is 11.3 Å². The Bertz CT molecular complexity index is 2490.